The fraction of sp³-hybridized carbons (Fsp3) is 0. The van der Waals surface area contributed by atoms with Gasteiger partial charge in [0, 0.05) is 17.8 Å². The second-order valence-corrected chi connectivity index (χ2v) is 2.62. The Morgan fingerprint density at radius 3 is 2.86 bits per heavy atom. The van der Waals surface area contributed by atoms with Gasteiger partial charge in [-0.05, 0) is 12.1 Å². The third-order valence-corrected chi connectivity index (χ3v) is 1.85. The van der Waals surface area contributed by atoms with Crippen molar-refractivity contribution in [1.82, 2.24) is 9.66 Å². The summed E-state index contributed by atoms with van der Waals surface area (Å²) in [7, 11) is 0. The molecular formula is C8H8N3NaO2. The summed E-state index contributed by atoms with van der Waals surface area (Å²) in [5.41, 5.74) is 0.689. The Morgan fingerprint density at radius 1 is 1.50 bits per heavy atom. The molecular weight excluding hydrogens is 193 g/mol. The van der Waals surface area contributed by atoms with Crippen LogP contribution in [0.25, 0.3) is 11.0 Å². The first-order valence-electron chi connectivity index (χ1n) is 3.64. The Kier molecular flexibility index (Phi) is 3.15. The minimum absolute atomic E-state index is 0. The number of nitrogens with two attached hydrogens (primary N) is 1. The molecule has 0 atom stereocenters. The van der Waals surface area contributed by atoms with E-state index < -0.39 is 5.97 Å². The van der Waals surface area contributed by atoms with Crippen molar-refractivity contribution in [1.29, 1.82) is 0 Å². The molecule has 3 N–H and O–H groups in total. The molecule has 0 aliphatic rings. The molecule has 0 bridgehead atoms. The van der Waals surface area contributed by atoms with Crippen LogP contribution in [0.1, 0.15) is 10.4 Å². The molecule has 0 unspecified atom stereocenters. The summed E-state index contributed by atoms with van der Waals surface area (Å²) in [6, 6.07) is 3.08. The van der Waals surface area contributed by atoms with Crippen LogP contribution >= 0.6 is 0 Å². The number of nitrogens with zero attached hydrogens (tertiary/aromatic N) is 2. The topological polar surface area (TPSA) is 81.1 Å². The van der Waals surface area contributed by atoms with Gasteiger partial charge in [-0.3, -0.25) is 4.68 Å². The van der Waals surface area contributed by atoms with Crippen LogP contribution in [0.4, 0.5) is 0 Å². The molecule has 2 heterocycles. The number of hydrogen-bond acceptors (Lipinski definition) is 3. The number of carboxylic acids is 1. The number of aromatic nitrogens is 2. The van der Waals surface area contributed by atoms with Crippen LogP contribution in [-0.4, -0.2) is 50.3 Å². The first kappa shape index (κ1) is 11.0. The molecule has 0 saturated carbocycles. The molecule has 6 heteroatoms. The van der Waals surface area contributed by atoms with E-state index in [1.807, 2.05) is 0 Å². The molecule has 0 radical (unpaired) electrons. The Hall–Kier alpha value is -1.04. The number of carbonyl (C=O) groups is 1. The van der Waals surface area contributed by atoms with Crippen LogP contribution in [0, 0.1) is 0 Å². The Balaban J connectivity index is 0.000000980. The van der Waals surface area contributed by atoms with E-state index >= 15 is 0 Å². The van der Waals surface area contributed by atoms with Crippen LogP contribution in [0.3, 0.4) is 0 Å². The number of carboxylic acid groups (broad SMARTS) is 1. The Labute approximate surface area is 102 Å². The average Bonchev–Trinajstić information content (AvgIpc) is 2.48. The van der Waals surface area contributed by atoms with E-state index in [1.54, 1.807) is 12.3 Å². The van der Waals surface area contributed by atoms with Gasteiger partial charge >= 0.3 is 35.5 Å². The van der Waals surface area contributed by atoms with Gasteiger partial charge in [0.15, 0.2) is 5.65 Å². The summed E-state index contributed by atoms with van der Waals surface area (Å²) in [4.78, 5) is 14.7. The van der Waals surface area contributed by atoms with E-state index in [2.05, 4.69) is 4.98 Å². The minimum atomic E-state index is -0.974. The quantitative estimate of drug-likeness (QED) is 0.494. The molecule has 0 fully saturated rings. The third-order valence-electron chi connectivity index (χ3n) is 1.85. The van der Waals surface area contributed by atoms with Gasteiger partial charge in [0.05, 0.1) is 5.56 Å². The van der Waals surface area contributed by atoms with E-state index in [9.17, 15) is 4.79 Å². The van der Waals surface area contributed by atoms with Crippen molar-refractivity contribution in [2.24, 2.45) is 0 Å². The van der Waals surface area contributed by atoms with Gasteiger partial charge in [-0.2, -0.15) is 0 Å². The van der Waals surface area contributed by atoms with Gasteiger partial charge in [-0.25, -0.2) is 9.78 Å². The summed E-state index contributed by atoms with van der Waals surface area (Å²) in [5.74, 6) is 4.53. The summed E-state index contributed by atoms with van der Waals surface area (Å²) >= 11 is 0. The number of fused-ring (bicyclic) bond motifs is 1. The molecule has 2 aromatic heterocycles. The molecule has 0 amide bonds. The summed E-state index contributed by atoms with van der Waals surface area (Å²) < 4.78 is 1.29. The third kappa shape index (κ3) is 1.61. The van der Waals surface area contributed by atoms with Crippen molar-refractivity contribution in [3.05, 3.63) is 30.1 Å². The fourth-order valence-corrected chi connectivity index (χ4v) is 1.24. The van der Waals surface area contributed by atoms with Gasteiger partial charge in [-0.1, -0.05) is 0 Å². The second-order valence-electron chi connectivity index (χ2n) is 2.62. The van der Waals surface area contributed by atoms with Crippen molar-refractivity contribution in [3.8, 4) is 0 Å². The van der Waals surface area contributed by atoms with Crippen molar-refractivity contribution >= 4 is 46.6 Å². The first-order chi connectivity index (χ1) is 6.20. The van der Waals surface area contributed by atoms with Gasteiger partial charge in [0.2, 0.25) is 0 Å². The monoisotopic (exact) mass is 201 g/mol. The molecule has 68 valence electrons. The summed E-state index contributed by atoms with van der Waals surface area (Å²) in [5, 5.41) is 9.37. The predicted octanol–water partition coefficient (Wildman–Crippen LogP) is -0.200. The van der Waals surface area contributed by atoms with Gasteiger partial charge < -0.3 is 10.9 Å². The van der Waals surface area contributed by atoms with Gasteiger partial charge in [0.1, 0.15) is 0 Å². The van der Waals surface area contributed by atoms with Crippen LogP contribution in [-0.2, 0) is 0 Å². The van der Waals surface area contributed by atoms with E-state index in [0.717, 1.165) is 0 Å². The van der Waals surface area contributed by atoms with Crippen LogP contribution in [0.15, 0.2) is 24.5 Å². The number of hydrogen-bond donors (Lipinski definition) is 2. The van der Waals surface area contributed by atoms with Gasteiger partial charge in [-0.15, -0.1) is 0 Å². The maximum atomic E-state index is 10.7. The summed E-state index contributed by atoms with van der Waals surface area (Å²) in [6.45, 7) is 0. The zero-order valence-corrected chi connectivity index (χ0v) is 6.64. The van der Waals surface area contributed by atoms with Crippen molar-refractivity contribution in [3.63, 3.8) is 0 Å². The molecule has 0 spiro atoms. The average molecular weight is 201 g/mol. The molecule has 2 rings (SSSR count). The molecule has 14 heavy (non-hydrogen) atoms. The normalized spacial score (nSPS) is 9.71. The Morgan fingerprint density at radius 2 is 2.21 bits per heavy atom. The Bertz CT molecular complexity index is 480. The SMILES string of the molecule is Nn1ccc2c(C(=O)O)ccnc21.[NaH]. The standard InChI is InChI=1S/C8H7N3O2.Na.H/c9-11-4-2-5-6(8(12)13)1-3-10-7(5)11;;/h1-4H,9H2,(H,12,13);;. The fourth-order valence-electron chi connectivity index (χ4n) is 1.24. The van der Waals surface area contributed by atoms with E-state index in [-0.39, 0.29) is 35.1 Å². The van der Waals surface area contributed by atoms with Crippen molar-refractivity contribution < 1.29 is 9.90 Å². The number of nitrogen functional groups attached to an aromatic ring is 1. The van der Waals surface area contributed by atoms with Crippen molar-refractivity contribution in [2.75, 3.05) is 5.84 Å². The van der Waals surface area contributed by atoms with E-state index in [0.29, 0.717) is 11.0 Å². The number of aromatic carboxylic acids is 1. The molecule has 2 aromatic rings. The van der Waals surface area contributed by atoms with Crippen LogP contribution in [0.5, 0.6) is 0 Å². The zero-order valence-electron chi connectivity index (χ0n) is 6.64. The van der Waals surface area contributed by atoms with Crippen LogP contribution < -0.4 is 5.84 Å². The maximum absolute atomic E-state index is 10.7. The van der Waals surface area contributed by atoms with Crippen LogP contribution in [0.2, 0.25) is 0 Å². The zero-order chi connectivity index (χ0) is 9.42. The second kappa shape index (κ2) is 4.00. The van der Waals surface area contributed by atoms with E-state index in [1.165, 1.54) is 16.9 Å². The van der Waals surface area contributed by atoms with Gasteiger partial charge in [0.25, 0.3) is 0 Å². The predicted molar refractivity (Wildman–Crippen MR) is 54.0 cm³/mol. The molecule has 5 nitrogen and oxygen atoms in total. The number of pyridine rings is 1. The molecule has 0 aromatic carbocycles. The number of rotatable bonds is 1. The summed E-state index contributed by atoms with van der Waals surface area (Å²) in [6.07, 6.45) is 3.00. The molecule has 0 aliphatic carbocycles. The molecule has 0 saturated heterocycles. The van der Waals surface area contributed by atoms with Crippen molar-refractivity contribution in [2.45, 2.75) is 0 Å². The first-order valence-corrected chi connectivity index (χ1v) is 3.64. The van der Waals surface area contributed by atoms with E-state index in [4.69, 9.17) is 10.9 Å². The molecule has 0 aliphatic heterocycles.